The summed E-state index contributed by atoms with van der Waals surface area (Å²) in [5.41, 5.74) is 1.74. The van der Waals surface area contributed by atoms with E-state index in [0.29, 0.717) is 34.2 Å². The number of ether oxygens (including phenoxy) is 3. The van der Waals surface area contributed by atoms with E-state index in [1.54, 1.807) is 86.6 Å². The van der Waals surface area contributed by atoms with Crippen LogP contribution in [0.4, 0.5) is 5.69 Å². The highest BCUT2D eigenvalue weighted by Crippen LogP contribution is 2.27. The zero-order valence-electron chi connectivity index (χ0n) is 29.4. The van der Waals surface area contributed by atoms with Crippen molar-refractivity contribution in [2.24, 2.45) is 0 Å². The fraction of sp³-hybridized carbons (Fsp3) is 0.263. The second-order valence-electron chi connectivity index (χ2n) is 11.9. The molecule has 0 radical (unpaired) electrons. The van der Waals surface area contributed by atoms with E-state index in [1.807, 2.05) is 24.3 Å². The number of halogens is 1. The van der Waals surface area contributed by atoms with Crippen molar-refractivity contribution in [3.05, 3.63) is 118 Å². The number of rotatable bonds is 16. The minimum atomic E-state index is -3.81. The Bertz CT molecular complexity index is 2130. The van der Waals surface area contributed by atoms with Crippen LogP contribution in [-0.2, 0) is 44.6 Å². The Hall–Kier alpha value is -4.74. The van der Waals surface area contributed by atoms with E-state index in [-0.39, 0.29) is 38.5 Å². The van der Waals surface area contributed by atoms with Gasteiger partial charge in [-0.25, -0.2) is 0 Å². The molecule has 1 fully saturated rings. The third-order valence-electron chi connectivity index (χ3n) is 7.88. The molecular formula is C38H39BrN2O11S2. The number of aryl methyl sites for hydroxylation is 1. The summed E-state index contributed by atoms with van der Waals surface area (Å²) in [7, 11) is -7.43. The van der Waals surface area contributed by atoms with Crippen molar-refractivity contribution in [2.45, 2.75) is 32.5 Å². The topological polar surface area (TPSA) is 164 Å². The summed E-state index contributed by atoms with van der Waals surface area (Å²) in [6.07, 6.45) is 0.247. The Labute approximate surface area is 323 Å². The molecule has 0 aromatic heterocycles. The normalized spacial score (nSPS) is 15.9. The molecule has 2 amide bonds. The van der Waals surface area contributed by atoms with Crippen LogP contribution in [-0.4, -0.2) is 77.8 Å². The molecule has 0 aliphatic carbocycles. The Morgan fingerprint density at radius 1 is 0.741 bits per heavy atom. The van der Waals surface area contributed by atoms with Gasteiger partial charge in [0.15, 0.2) is 12.2 Å². The van der Waals surface area contributed by atoms with E-state index in [2.05, 4.69) is 21.2 Å². The first-order chi connectivity index (χ1) is 25.8. The summed E-state index contributed by atoms with van der Waals surface area (Å²) in [4.78, 5) is 27.9. The standard InChI is InChI=1S/C38H39BrN2O11S2/c1-3-48-53(44,45)23-21-27-5-13-33(14-6-27)51-35-25-41(26-36(35)52-34-15-7-28(8-16-34)22-24-54(46,47)49-4-2)38(43)37(42)40-30-11-19-32(20-12-30)50-31-17-9-29(39)10-18-31/h5-21,23,35-36H,3-4,22,24-26H2,1-2H3,(H,40,42)/b23-21+/t35-,36+/m1/s1. The number of hydrogen-bond acceptors (Lipinski definition) is 11. The lowest BCUT2D eigenvalue weighted by Gasteiger charge is -2.21. The van der Waals surface area contributed by atoms with Gasteiger partial charge in [0, 0.05) is 10.2 Å². The number of carbonyl (C=O) groups is 2. The van der Waals surface area contributed by atoms with Gasteiger partial charge in [-0.1, -0.05) is 40.2 Å². The molecule has 0 spiro atoms. The first-order valence-electron chi connectivity index (χ1n) is 16.9. The molecule has 0 bridgehead atoms. The molecule has 0 unspecified atom stereocenters. The van der Waals surface area contributed by atoms with Gasteiger partial charge in [0.1, 0.15) is 23.0 Å². The third-order valence-corrected chi connectivity index (χ3v) is 10.7. The third kappa shape index (κ3) is 12.1. The molecule has 1 saturated heterocycles. The van der Waals surface area contributed by atoms with Gasteiger partial charge < -0.3 is 24.4 Å². The van der Waals surface area contributed by atoms with E-state index < -0.39 is 44.3 Å². The minimum Gasteiger partial charge on any atom is -0.485 e. The molecule has 1 aliphatic rings. The van der Waals surface area contributed by atoms with Crippen LogP contribution in [0.15, 0.2) is 107 Å². The number of amides is 2. The molecule has 5 rings (SSSR count). The minimum absolute atomic E-state index is 0.0184. The highest BCUT2D eigenvalue weighted by atomic mass is 79.9. The van der Waals surface area contributed by atoms with Crippen molar-refractivity contribution in [2.75, 3.05) is 37.4 Å². The molecule has 286 valence electrons. The number of likely N-dealkylation sites (tertiary alicyclic amines) is 1. The van der Waals surface area contributed by atoms with Gasteiger partial charge in [-0.15, -0.1) is 0 Å². The predicted octanol–water partition coefficient (Wildman–Crippen LogP) is 6.16. The van der Waals surface area contributed by atoms with Crippen molar-refractivity contribution < 1.29 is 49.0 Å². The maximum atomic E-state index is 13.4. The lowest BCUT2D eigenvalue weighted by Crippen LogP contribution is -2.39. The zero-order valence-corrected chi connectivity index (χ0v) is 32.6. The van der Waals surface area contributed by atoms with E-state index in [0.717, 1.165) is 15.4 Å². The number of anilines is 1. The molecule has 1 aliphatic heterocycles. The molecule has 1 N–H and O–H groups in total. The highest BCUT2D eigenvalue weighted by Gasteiger charge is 2.40. The molecule has 4 aromatic rings. The molecule has 54 heavy (non-hydrogen) atoms. The summed E-state index contributed by atoms with van der Waals surface area (Å²) in [5.74, 6) is 0.257. The van der Waals surface area contributed by atoms with Crippen LogP contribution < -0.4 is 19.5 Å². The fourth-order valence-corrected chi connectivity index (χ4v) is 7.26. The first-order valence-corrected chi connectivity index (χ1v) is 20.8. The van der Waals surface area contributed by atoms with Gasteiger partial charge in [0.25, 0.3) is 20.2 Å². The SMILES string of the molecule is CCOS(=O)(=O)/C=C/c1ccc(O[C@@H]2CN(C(=O)C(=O)Nc3ccc(Oc4ccc(Br)cc4)cc3)C[C@@H]2Oc2ccc(CCS(=O)(=O)OCC)cc2)cc1. The van der Waals surface area contributed by atoms with Gasteiger partial charge in [0.05, 0.1) is 37.5 Å². The Morgan fingerprint density at radius 3 is 1.81 bits per heavy atom. The molecular weight excluding hydrogens is 804 g/mol. The van der Waals surface area contributed by atoms with Crippen LogP contribution in [0.25, 0.3) is 6.08 Å². The summed E-state index contributed by atoms with van der Waals surface area (Å²) in [6, 6.07) is 27.4. The van der Waals surface area contributed by atoms with E-state index in [1.165, 1.54) is 11.0 Å². The number of benzene rings is 4. The molecule has 2 atom stereocenters. The number of nitrogens with zero attached hydrogens (tertiary/aromatic N) is 1. The summed E-state index contributed by atoms with van der Waals surface area (Å²) in [6.45, 7) is 3.33. The average Bonchev–Trinajstić information content (AvgIpc) is 3.54. The van der Waals surface area contributed by atoms with Gasteiger partial charge in [0.2, 0.25) is 0 Å². The summed E-state index contributed by atoms with van der Waals surface area (Å²) < 4.78 is 76.5. The van der Waals surface area contributed by atoms with Crippen LogP contribution in [0.1, 0.15) is 25.0 Å². The summed E-state index contributed by atoms with van der Waals surface area (Å²) in [5, 5.41) is 3.61. The second-order valence-corrected chi connectivity index (χ2v) is 16.1. The van der Waals surface area contributed by atoms with Crippen molar-refractivity contribution in [1.29, 1.82) is 0 Å². The van der Waals surface area contributed by atoms with Crippen LogP contribution in [0.5, 0.6) is 23.0 Å². The second kappa shape index (κ2) is 18.5. The number of hydrogen-bond donors (Lipinski definition) is 1. The van der Waals surface area contributed by atoms with Crippen LogP contribution in [0.3, 0.4) is 0 Å². The van der Waals surface area contributed by atoms with E-state index >= 15 is 0 Å². The van der Waals surface area contributed by atoms with Crippen LogP contribution in [0, 0.1) is 0 Å². The van der Waals surface area contributed by atoms with Gasteiger partial charge >= 0.3 is 11.8 Å². The number of carbonyl (C=O) groups excluding carboxylic acids is 2. The predicted molar refractivity (Wildman–Crippen MR) is 206 cm³/mol. The van der Waals surface area contributed by atoms with E-state index in [4.69, 9.17) is 22.6 Å². The molecule has 13 nitrogen and oxygen atoms in total. The average molecular weight is 844 g/mol. The Morgan fingerprint density at radius 2 is 1.26 bits per heavy atom. The van der Waals surface area contributed by atoms with E-state index in [9.17, 15) is 26.4 Å². The molecule has 16 heteroatoms. The maximum Gasteiger partial charge on any atom is 0.313 e. The highest BCUT2D eigenvalue weighted by molar-refractivity contribution is 9.10. The zero-order chi connectivity index (χ0) is 38.7. The van der Waals surface area contributed by atoms with Crippen LogP contribution in [0.2, 0.25) is 0 Å². The van der Waals surface area contributed by atoms with Crippen molar-refractivity contribution in [3.8, 4) is 23.0 Å². The first kappa shape index (κ1) is 40.4. The maximum absolute atomic E-state index is 13.4. The van der Waals surface area contributed by atoms with Crippen molar-refractivity contribution in [1.82, 2.24) is 4.90 Å². The fourth-order valence-electron chi connectivity index (χ4n) is 5.30. The monoisotopic (exact) mass is 842 g/mol. The van der Waals surface area contributed by atoms with Crippen molar-refractivity contribution >= 4 is 59.7 Å². The van der Waals surface area contributed by atoms with Gasteiger partial charge in [-0.2, -0.15) is 16.8 Å². The molecule has 4 aromatic carbocycles. The lowest BCUT2D eigenvalue weighted by atomic mass is 10.1. The Balaban J connectivity index is 1.26. The van der Waals surface area contributed by atoms with Gasteiger partial charge in [-0.3, -0.25) is 18.0 Å². The quantitative estimate of drug-likeness (QED) is 0.102. The van der Waals surface area contributed by atoms with Crippen LogP contribution >= 0.6 is 15.9 Å². The smallest absolute Gasteiger partial charge is 0.313 e. The summed E-state index contributed by atoms with van der Waals surface area (Å²) >= 11 is 3.39. The molecule has 0 saturated carbocycles. The largest absolute Gasteiger partial charge is 0.485 e. The van der Waals surface area contributed by atoms with Crippen molar-refractivity contribution in [3.63, 3.8) is 0 Å². The molecule has 1 heterocycles. The Kier molecular flexibility index (Phi) is 13.9. The number of nitrogens with one attached hydrogen (secondary N) is 1. The lowest BCUT2D eigenvalue weighted by molar-refractivity contribution is -0.142. The van der Waals surface area contributed by atoms with Gasteiger partial charge in [-0.05, 0) is 110 Å².